The molecular formula is C32H43N3O5. The predicted molar refractivity (Wildman–Crippen MR) is 156 cm³/mol. The van der Waals surface area contributed by atoms with Crippen molar-refractivity contribution >= 4 is 5.91 Å². The molecule has 0 radical (unpaired) electrons. The van der Waals surface area contributed by atoms with Crippen molar-refractivity contribution in [3.05, 3.63) is 58.3 Å². The molecule has 8 nitrogen and oxygen atoms in total. The Morgan fingerprint density at radius 1 is 1.05 bits per heavy atom. The lowest BCUT2D eigenvalue weighted by atomic mass is 9.94. The third-order valence-electron chi connectivity index (χ3n) is 7.09. The van der Waals surface area contributed by atoms with Gasteiger partial charge in [-0.05, 0) is 88.3 Å². The molecule has 3 aromatic rings. The Hall–Kier alpha value is -3.52. The Morgan fingerprint density at radius 3 is 2.52 bits per heavy atom. The first-order valence-electron chi connectivity index (χ1n) is 14.3. The van der Waals surface area contributed by atoms with Crippen LogP contribution in [-0.2, 0) is 4.74 Å². The van der Waals surface area contributed by atoms with E-state index in [1.807, 2.05) is 69.9 Å². The first-order chi connectivity index (χ1) is 19.1. The number of hydrogen-bond donors (Lipinski definition) is 2. The number of rotatable bonds is 13. The van der Waals surface area contributed by atoms with Gasteiger partial charge in [0, 0.05) is 24.3 Å². The van der Waals surface area contributed by atoms with Crippen molar-refractivity contribution in [1.29, 1.82) is 0 Å². The lowest BCUT2D eigenvalue weighted by molar-refractivity contribution is 0.0601. The van der Waals surface area contributed by atoms with Crippen molar-refractivity contribution in [3.8, 4) is 28.5 Å². The van der Waals surface area contributed by atoms with E-state index >= 15 is 0 Å². The van der Waals surface area contributed by atoms with E-state index in [9.17, 15) is 9.90 Å². The van der Waals surface area contributed by atoms with Crippen molar-refractivity contribution in [2.24, 2.45) is 5.92 Å². The quantitative estimate of drug-likeness (QED) is 0.234. The SMILES string of the molecule is CCOc1cc(C2c3c(-c4cc(C)cc(C)c4O)n[nH]c3C(=O)N2CCCOC(C)C)ccc1OCCC(C)C. The zero-order chi connectivity index (χ0) is 29.0. The summed E-state index contributed by atoms with van der Waals surface area (Å²) in [5, 5.41) is 18.5. The molecular weight excluding hydrogens is 506 g/mol. The standard InChI is InChI=1S/C32H43N3O5/c1-8-38-26-18-23(10-11-25(26)40-15-12-19(2)3)30-27-28(24-17-21(6)16-22(7)31(24)36)33-34-29(27)32(37)35(30)13-9-14-39-20(4)5/h10-11,16-20,30,36H,8-9,12-15H2,1-7H3,(H,33,34). The lowest BCUT2D eigenvalue weighted by Crippen LogP contribution is -2.31. The second-order valence-corrected chi connectivity index (χ2v) is 11.2. The molecule has 216 valence electrons. The summed E-state index contributed by atoms with van der Waals surface area (Å²) in [5.41, 5.74) is 5.04. The average molecular weight is 550 g/mol. The number of amides is 1. The van der Waals surface area contributed by atoms with Crippen molar-refractivity contribution in [2.45, 2.75) is 73.5 Å². The summed E-state index contributed by atoms with van der Waals surface area (Å²) in [6, 6.07) is 9.32. The molecule has 1 atom stereocenters. The smallest absolute Gasteiger partial charge is 0.273 e. The highest BCUT2D eigenvalue weighted by atomic mass is 16.5. The lowest BCUT2D eigenvalue weighted by Gasteiger charge is -2.27. The topological polar surface area (TPSA) is 96.9 Å². The Kier molecular flexibility index (Phi) is 9.40. The zero-order valence-electron chi connectivity index (χ0n) is 24.8. The molecule has 40 heavy (non-hydrogen) atoms. The number of aromatic amines is 1. The fourth-order valence-electron chi connectivity index (χ4n) is 5.16. The Morgan fingerprint density at radius 2 is 1.82 bits per heavy atom. The number of aryl methyl sites for hydroxylation is 2. The fraction of sp³-hybridized carbons (Fsp3) is 0.500. The second-order valence-electron chi connectivity index (χ2n) is 11.2. The molecule has 1 aliphatic heterocycles. The zero-order valence-corrected chi connectivity index (χ0v) is 24.8. The molecule has 0 spiro atoms. The van der Waals surface area contributed by atoms with Gasteiger partial charge in [0.15, 0.2) is 11.5 Å². The molecule has 0 fully saturated rings. The summed E-state index contributed by atoms with van der Waals surface area (Å²) in [6.07, 6.45) is 1.76. The molecule has 0 bridgehead atoms. The van der Waals surface area contributed by atoms with Crippen LogP contribution < -0.4 is 9.47 Å². The fourth-order valence-corrected chi connectivity index (χ4v) is 5.16. The minimum absolute atomic E-state index is 0.123. The number of aromatic hydroxyl groups is 1. The minimum atomic E-state index is -0.417. The maximum Gasteiger partial charge on any atom is 0.273 e. The van der Waals surface area contributed by atoms with Crippen LogP contribution in [0, 0.1) is 19.8 Å². The van der Waals surface area contributed by atoms with Crippen molar-refractivity contribution in [1.82, 2.24) is 15.1 Å². The Balaban J connectivity index is 1.78. The van der Waals surface area contributed by atoms with Crippen LogP contribution in [-0.4, -0.2) is 58.6 Å². The van der Waals surface area contributed by atoms with Crippen molar-refractivity contribution < 1.29 is 24.1 Å². The highest BCUT2D eigenvalue weighted by Gasteiger charge is 2.42. The van der Waals surface area contributed by atoms with Gasteiger partial charge in [0.2, 0.25) is 0 Å². The van der Waals surface area contributed by atoms with Crippen molar-refractivity contribution in [3.63, 3.8) is 0 Å². The number of aromatic nitrogens is 2. The normalized spacial score (nSPS) is 14.9. The summed E-state index contributed by atoms with van der Waals surface area (Å²) in [4.78, 5) is 15.6. The molecule has 1 aromatic heterocycles. The van der Waals surface area contributed by atoms with Gasteiger partial charge in [-0.3, -0.25) is 9.89 Å². The van der Waals surface area contributed by atoms with Crippen LogP contribution in [0.5, 0.6) is 17.2 Å². The number of phenols is 1. The van der Waals surface area contributed by atoms with Gasteiger partial charge in [-0.1, -0.05) is 26.0 Å². The molecule has 1 aliphatic rings. The van der Waals surface area contributed by atoms with Gasteiger partial charge in [-0.15, -0.1) is 0 Å². The van der Waals surface area contributed by atoms with Crippen LogP contribution in [0.4, 0.5) is 0 Å². The highest BCUT2D eigenvalue weighted by molar-refractivity contribution is 6.00. The van der Waals surface area contributed by atoms with Gasteiger partial charge >= 0.3 is 0 Å². The first-order valence-corrected chi connectivity index (χ1v) is 14.3. The second kappa shape index (κ2) is 12.8. The minimum Gasteiger partial charge on any atom is -0.507 e. The molecule has 0 aliphatic carbocycles. The van der Waals surface area contributed by atoms with Crippen LogP contribution in [0.3, 0.4) is 0 Å². The van der Waals surface area contributed by atoms with Gasteiger partial charge in [-0.2, -0.15) is 5.10 Å². The number of H-pyrrole nitrogens is 1. The van der Waals surface area contributed by atoms with Gasteiger partial charge in [0.1, 0.15) is 17.1 Å². The van der Waals surface area contributed by atoms with Crippen molar-refractivity contribution in [2.75, 3.05) is 26.4 Å². The maximum absolute atomic E-state index is 13.8. The van der Waals surface area contributed by atoms with E-state index in [4.69, 9.17) is 14.2 Å². The number of carbonyl (C=O) groups is 1. The number of phenolic OH excluding ortho intramolecular Hbond substituents is 1. The molecule has 8 heteroatoms. The largest absolute Gasteiger partial charge is 0.507 e. The van der Waals surface area contributed by atoms with Crippen LogP contribution in [0.1, 0.15) is 86.2 Å². The number of nitrogens with one attached hydrogen (secondary N) is 1. The van der Waals surface area contributed by atoms with Gasteiger partial charge in [0.05, 0.1) is 25.4 Å². The van der Waals surface area contributed by atoms with Crippen LogP contribution in [0.15, 0.2) is 30.3 Å². The van der Waals surface area contributed by atoms with Crippen LogP contribution in [0.25, 0.3) is 11.3 Å². The first kappa shape index (κ1) is 29.5. The van der Waals surface area contributed by atoms with Gasteiger partial charge in [0.25, 0.3) is 5.91 Å². The number of carbonyl (C=O) groups excluding carboxylic acids is 1. The third kappa shape index (κ3) is 6.28. The number of hydrogen-bond acceptors (Lipinski definition) is 6. The van der Waals surface area contributed by atoms with E-state index in [-0.39, 0.29) is 17.8 Å². The monoisotopic (exact) mass is 549 g/mol. The summed E-state index contributed by atoms with van der Waals surface area (Å²) in [6.45, 7) is 16.3. The molecule has 2 N–H and O–H groups in total. The van der Waals surface area contributed by atoms with E-state index in [1.165, 1.54) is 0 Å². The number of ether oxygens (including phenoxy) is 3. The summed E-state index contributed by atoms with van der Waals surface area (Å²) in [7, 11) is 0. The summed E-state index contributed by atoms with van der Waals surface area (Å²) >= 11 is 0. The highest BCUT2D eigenvalue weighted by Crippen LogP contribution is 2.46. The van der Waals surface area contributed by atoms with Crippen LogP contribution in [0.2, 0.25) is 0 Å². The molecule has 0 saturated carbocycles. The number of fused-ring (bicyclic) bond motifs is 1. The molecule has 2 heterocycles. The molecule has 1 unspecified atom stereocenters. The molecule has 4 rings (SSSR count). The Bertz CT molecular complexity index is 1330. The van der Waals surface area contributed by atoms with Gasteiger partial charge in [-0.25, -0.2) is 0 Å². The predicted octanol–water partition coefficient (Wildman–Crippen LogP) is 6.58. The van der Waals surface area contributed by atoms with E-state index in [1.54, 1.807) is 0 Å². The van der Waals surface area contributed by atoms with E-state index in [0.29, 0.717) is 67.2 Å². The van der Waals surface area contributed by atoms with E-state index in [0.717, 1.165) is 28.7 Å². The third-order valence-corrected chi connectivity index (χ3v) is 7.09. The summed E-state index contributed by atoms with van der Waals surface area (Å²) < 4.78 is 17.9. The molecule has 2 aromatic carbocycles. The van der Waals surface area contributed by atoms with Crippen LogP contribution >= 0.6 is 0 Å². The Labute approximate surface area is 237 Å². The van der Waals surface area contributed by atoms with Gasteiger partial charge < -0.3 is 24.2 Å². The average Bonchev–Trinajstić information content (AvgIpc) is 3.43. The number of benzene rings is 2. The molecule has 1 amide bonds. The maximum atomic E-state index is 13.8. The van der Waals surface area contributed by atoms with E-state index < -0.39 is 6.04 Å². The summed E-state index contributed by atoms with van der Waals surface area (Å²) in [5.74, 6) is 1.91. The van der Waals surface area contributed by atoms with E-state index in [2.05, 4.69) is 24.0 Å². The molecule has 0 saturated heterocycles. The number of nitrogens with zero attached hydrogens (tertiary/aromatic N) is 2.